The lowest BCUT2D eigenvalue weighted by Crippen LogP contribution is -2.43. The van der Waals surface area contributed by atoms with E-state index in [4.69, 9.17) is 4.74 Å². The van der Waals surface area contributed by atoms with E-state index in [9.17, 15) is 4.79 Å². The number of hydrogen-bond acceptors (Lipinski definition) is 5. The van der Waals surface area contributed by atoms with Gasteiger partial charge < -0.3 is 9.64 Å². The van der Waals surface area contributed by atoms with Crippen molar-refractivity contribution in [2.45, 2.75) is 25.6 Å². The summed E-state index contributed by atoms with van der Waals surface area (Å²) >= 11 is 1.51. The van der Waals surface area contributed by atoms with Crippen molar-refractivity contribution in [1.29, 1.82) is 0 Å². The lowest BCUT2D eigenvalue weighted by atomic mass is 10.1. The fourth-order valence-corrected chi connectivity index (χ4v) is 3.99. The summed E-state index contributed by atoms with van der Waals surface area (Å²) in [6.45, 7) is 1.83. The van der Waals surface area contributed by atoms with Gasteiger partial charge in [-0.05, 0) is 25.0 Å². The monoisotopic (exact) mass is 379 g/mol. The van der Waals surface area contributed by atoms with Crippen molar-refractivity contribution in [3.05, 3.63) is 71.5 Å². The molecule has 6 heteroatoms. The minimum absolute atomic E-state index is 0.0143. The molecule has 138 valence electrons. The highest BCUT2D eigenvalue weighted by Gasteiger charge is 2.26. The Bertz CT molecular complexity index is 883. The van der Waals surface area contributed by atoms with E-state index in [1.165, 1.54) is 11.3 Å². The highest BCUT2D eigenvalue weighted by Crippen LogP contribution is 2.25. The van der Waals surface area contributed by atoms with E-state index in [0.717, 1.165) is 35.7 Å². The van der Waals surface area contributed by atoms with Gasteiger partial charge in [0, 0.05) is 30.2 Å². The molecule has 5 nitrogen and oxygen atoms in total. The molecule has 1 aliphatic rings. The molecule has 3 aromatic rings. The van der Waals surface area contributed by atoms with Crippen LogP contribution in [-0.4, -0.2) is 40.0 Å². The van der Waals surface area contributed by atoms with E-state index < -0.39 is 0 Å². The third kappa shape index (κ3) is 4.40. The first-order valence-electron chi connectivity index (χ1n) is 9.11. The number of carbonyl (C=O) groups excluding carboxylic acids is 1. The molecule has 1 amide bonds. The topological polar surface area (TPSA) is 55.3 Å². The Kier molecular flexibility index (Phi) is 5.55. The Balaban J connectivity index is 1.38. The summed E-state index contributed by atoms with van der Waals surface area (Å²) in [6.07, 6.45) is 3.70. The number of thiazole rings is 1. The maximum Gasteiger partial charge on any atom is 0.273 e. The quantitative estimate of drug-likeness (QED) is 0.672. The van der Waals surface area contributed by atoms with Gasteiger partial charge in [-0.25, -0.2) is 4.98 Å². The summed E-state index contributed by atoms with van der Waals surface area (Å²) < 4.78 is 5.99. The number of aromatic nitrogens is 2. The van der Waals surface area contributed by atoms with Crippen molar-refractivity contribution in [2.75, 3.05) is 13.1 Å². The van der Waals surface area contributed by atoms with Gasteiger partial charge in [0.25, 0.3) is 5.91 Å². The molecule has 0 bridgehead atoms. The van der Waals surface area contributed by atoms with Crippen molar-refractivity contribution >= 4 is 17.2 Å². The fraction of sp³-hybridized carbons (Fsp3) is 0.286. The summed E-state index contributed by atoms with van der Waals surface area (Å²) in [5.41, 5.74) is 2.47. The third-order valence-electron chi connectivity index (χ3n) is 4.60. The second kappa shape index (κ2) is 8.41. The molecular formula is C21H21N3O2S. The zero-order valence-corrected chi connectivity index (χ0v) is 15.8. The normalized spacial score (nSPS) is 17.0. The number of carbonyl (C=O) groups is 1. The molecule has 1 atom stereocenters. The Morgan fingerprint density at radius 3 is 2.85 bits per heavy atom. The average Bonchev–Trinajstić information content (AvgIpc) is 3.24. The van der Waals surface area contributed by atoms with E-state index >= 15 is 0 Å². The Morgan fingerprint density at radius 2 is 2.04 bits per heavy atom. The average molecular weight is 379 g/mol. The van der Waals surface area contributed by atoms with Gasteiger partial charge in [-0.1, -0.05) is 36.4 Å². The molecule has 0 N–H and O–H groups in total. The van der Waals surface area contributed by atoms with Crippen LogP contribution < -0.4 is 0 Å². The molecule has 1 saturated heterocycles. The largest absolute Gasteiger partial charge is 0.370 e. The van der Waals surface area contributed by atoms with Gasteiger partial charge in [-0.15, -0.1) is 11.3 Å². The van der Waals surface area contributed by atoms with E-state index in [2.05, 4.69) is 9.97 Å². The molecule has 4 rings (SSSR count). The maximum absolute atomic E-state index is 12.9. The van der Waals surface area contributed by atoms with Crippen LogP contribution in [0.15, 0.2) is 60.1 Å². The third-order valence-corrected chi connectivity index (χ3v) is 5.49. The van der Waals surface area contributed by atoms with Crippen LogP contribution in [0.25, 0.3) is 10.6 Å². The number of benzene rings is 1. The van der Waals surface area contributed by atoms with Gasteiger partial charge >= 0.3 is 0 Å². The molecule has 0 radical (unpaired) electrons. The number of piperidine rings is 1. The molecule has 0 spiro atoms. The summed E-state index contributed by atoms with van der Waals surface area (Å²) in [4.78, 5) is 23.6. The van der Waals surface area contributed by atoms with Crippen LogP contribution in [0.4, 0.5) is 0 Å². The smallest absolute Gasteiger partial charge is 0.273 e. The molecule has 3 heterocycles. The molecule has 1 aromatic carbocycles. The molecule has 1 aliphatic heterocycles. The number of nitrogens with zero attached hydrogens (tertiary/aromatic N) is 3. The first-order chi connectivity index (χ1) is 13.3. The van der Waals surface area contributed by atoms with Crippen LogP contribution in [0.3, 0.4) is 0 Å². The van der Waals surface area contributed by atoms with Gasteiger partial charge in [0.05, 0.1) is 18.4 Å². The van der Waals surface area contributed by atoms with Gasteiger partial charge in [0.2, 0.25) is 0 Å². The minimum Gasteiger partial charge on any atom is -0.370 e. The van der Waals surface area contributed by atoms with Crippen molar-refractivity contribution in [2.24, 2.45) is 0 Å². The highest BCUT2D eigenvalue weighted by molar-refractivity contribution is 7.13. The number of hydrogen-bond donors (Lipinski definition) is 0. The summed E-state index contributed by atoms with van der Waals surface area (Å²) in [7, 11) is 0. The number of amides is 1. The van der Waals surface area contributed by atoms with E-state index in [1.54, 1.807) is 6.20 Å². The Morgan fingerprint density at radius 1 is 1.19 bits per heavy atom. The number of ether oxygens (including phenoxy) is 1. The van der Waals surface area contributed by atoms with Crippen LogP contribution in [0.2, 0.25) is 0 Å². The molecule has 0 aliphatic carbocycles. The molecule has 27 heavy (non-hydrogen) atoms. The zero-order chi connectivity index (χ0) is 18.5. The first kappa shape index (κ1) is 17.8. The summed E-state index contributed by atoms with van der Waals surface area (Å²) in [6, 6.07) is 15.7. The molecule has 0 saturated carbocycles. The number of likely N-dealkylation sites (tertiary alicyclic amines) is 1. The number of rotatable bonds is 5. The molecule has 1 unspecified atom stereocenters. The SMILES string of the molecule is O=C(c1csc(-c2ccccc2)n1)N1CCCC(OCc2ccccn2)C1. The fourth-order valence-electron chi connectivity index (χ4n) is 3.19. The van der Waals surface area contributed by atoms with Crippen molar-refractivity contribution in [1.82, 2.24) is 14.9 Å². The maximum atomic E-state index is 12.9. The second-order valence-electron chi connectivity index (χ2n) is 6.55. The van der Waals surface area contributed by atoms with Crippen LogP contribution >= 0.6 is 11.3 Å². The second-order valence-corrected chi connectivity index (χ2v) is 7.41. The Labute approximate surface area is 162 Å². The van der Waals surface area contributed by atoms with Crippen molar-refractivity contribution < 1.29 is 9.53 Å². The van der Waals surface area contributed by atoms with E-state index in [0.29, 0.717) is 18.8 Å². The van der Waals surface area contributed by atoms with Crippen LogP contribution in [-0.2, 0) is 11.3 Å². The zero-order valence-electron chi connectivity index (χ0n) is 15.0. The first-order valence-corrected chi connectivity index (χ1v) is 9.99. The van der Waals surface area contributed by atoms with E-state index in [1.807, 2.05) is 58.8 Å². The van der Waals surface area contributed by atoms with Gasteiger partial charge in [-0.2, -0.15) is 0 Å². The molecule has 1 fully saturated rings. The van der Waals surface area contributed by atoms with Crippen LogP contribution in [0.1, 0.15) is 29.0 Å². The predicted octanol–water partition coefficient (Wildman–Crippen LogP) is 4.03. The van der Waals surface area contributed by atoms with Crippen molar-refractivity contribution in [3.8, 4) is 10.6 Å². The summed E-state index contributed by atoms with van der Waals surface area (Å²) in [5, 5.41) is 2.72. The van der Waals surface area contributed by atoms with E-state index in [-0.39, 0.29) is 12.0 Å². The van der Waals surface area contributed by atoms with Gasteiger partial charge in [0.1, 0.15) is 10.7 Å². The lowest BCUT2D eigenvalue weighted by molar-refractivity contribution is -0.00798. The molecule has 2 aromatic heterocycles. The Hall–Kier alpha value is -2.57. The van der Waals surface area contributed by atoms with Crippen LogP contribution in [0.5, 0.6) is 0 Å². The number of pyridine rings is 1. The van der Waals surface area contributed by atoms with Gasteiger partial charge in [0.15, 0.2) is 0 Å². The standard InChI is InChI=1S/C21H21N3O2S/c25-21(19-15-27-20(23-19)16-7-2-1-3-8-16)24-12-6-10-18(13-24)26-14-17-9-4-5-11-22-17/h1-5,7-9,11,15,18H,6,10,12-14H2. The molecular weight excluding hydrogens is 358 g/mol. The highest BCUT2D eigenvalue weighted by atomic mass is 32.1. The summed E-state index contributed by atoms with van der Waals surface area (Å²) in [5.74, 6) is -0.0143. The lowest BCUT2D eigenvalue weighted by Gasteiger charge is -2.32. The van der Waals surface area contributed by atoms with Crippen LogP contribution in [0, 0.1) is 0 Å². The van der Waals surface area contributed by atoms with Gasteiger partial charge in [-0.3, -0.25) is 9.78 Å². The van der Waals surface area contributed by atoms with Crippen molar-refractivity contribution in [3.63, 3.8) is 0 Å². The predicted molar refractivity (Wildman–Crippen MR) is 106 cm³/mol. The minimum atomic E-state index is -0.0143.